The van der Waals surface area contributed by atoms with E-state index in [1.54, 1.807) is 20.4 Å². The standard InChI is InChI=1S/C23H28N8O2/c1-5-14-31-19(25-22(28-31)23(6-2,32-3)33-4)15-16-9-11-17(12-10-16)18-8-7-13-24-20(18)21-26-29-30-27-21/h7-13H,5-6,14-15H2,1-4H3,(H,26,27,29,30). The van der Waals surface area contributed by atoms with Gasteiger partial charge in [0.2, 0.25) is 11.6 Å². The van der Waals surface area contributed by atoms with Crippen molar-refractivity contribution in [3.63, 3.8) is 0 Å². The van der Waals surface area contributed by atoms with E-state index < -0.39 is 5.79 Å². The lowest BCUT2D eigenvalue weighted by Gasteiger charge is -2.26. The Hall–Kier alpha value is -3.50. The second-order valence-electron chi connectivity index (χ2n) is 7.61. The molecule has 0 aliphatic carbocycles. The molecule has 0 aliphatic rings. The molecule has 0 fully saturated rings. The molecule has 0 spiro atoms. The summed E-state index contributed by atoms with van der Waals surface area (Å²) in [6, 6.07) is 12.2. The summed E-state index contributed by atoms with van der Waals surface area (Å²) in [5.74, 6) is 1.02. The van der Waals surface area contributed by atoms with Gasteiger partial charge in [-0.05, 0) is 34.0 Å². The summed E-state index contributed by atoms with van der Waals surface area (Å²) in [5.41, 5.74) is 3.81. The lowest BCUT2D eigenvalue weighted by Crippen LogP contribution is -2.31. The van der Waals surface area contributed by atoms with Crippen molar-refractivity contribution < 1.29 is 9.47 Å². The summed E-state index contributed by atoms with van der Waals surface area (Å²) >= 11 is 0. The van der Waals surface area contributed by atoms with Crippen molar-refractivity contribution in [3.8, 4) is 22.6 Å². The number of ether oxygens (including phenoxy) is 2. The number of aromatic nitrogens is 8. The number of H-pyrrole nitrogens is 1. The maximum Gasteiger partial charge on any atom is 0.231 e. The highest BCUT2D eigenvalue weighted by molar-refractivity contribution is 5.77. The summed E-state index contributed by atoms with van der Waals surface area (Å²) in [6.45, 7) is 4.89. The van der Waals surface area contributed by atoms with Crippen molar-refractivity contribution in [1.82, 2.24) is 40.4 Å². The van der Waals surface area contributed by atoms with Crippen LogP contribution in [0.2, 0.25) is 0 Å². The van der Waals surface area contributed by atoms with Gasteiger partial charge in [0.25, 0.3) is 0 Å². The normalized spacial score (nSPS) is 11.8. The molecular formula is C23H28N8O2. The third-order valence-corrected chi connectivity index (χ3v) is 5.65. The molecule has 3 aromatic heterocycles. The minimum atomic E-state index is -0.941. The Kier molecular flexibility index (Phi) is 6.85. The Morgan fingerprint density at radius 2 is 1.85 bits per heavy atom. The number of rotatable bonds is 10. The second kappa shape index (κ2) is 9.97. The number of pyridine rings is 1. The molecule has 0 amide bonds. The molecule has 0 atom stereocenters. The van der Waals surface area contributed by atoms with E-state index in [9.17, 15) is 0 Å². The summed E-state index contributed by atoms with van der Waals surface area (Å²) in [5, 5.41) is 18.8. The first-order chi connectivity index (χ1) is 16.1. The van der Waals surface area contributed by atoms with E-state index in [4.69, 9.17) is 19.6 Å². The zero-order valence-corrected chi connectivity index (χ0v) is 19.3. The molecular weight excluding hydrogens is 420 g/mol. The van der Waals surface area contributed by atoms with Crippen LogP contribution in [-0.4, -0.2) is 54.6 Å². The summed E-state index contributed by atoms with van der Waals surface area (Å²) in [4.78, 5) is 9.25. The van der Waals surface area contributed by atoms with Crippen LogP contribution in [0.15, 0.2) is 42.6 Å². The largest absolute Gasteiger partial charge is 0.347 e. The van der Waals surface area contributed by atoms with Gasteiger partial charge in [0, 0.05) is 45.4 Å². The van der Waals surface area contributed by atoms with Gasteiger partial charge in [-0.15, -0.1) is 5.10 Å². The smallest absolute Gasteiger partial charge is 0.231 e. The van der Waals surface area contributed by atoms with Gasteiger partial charge in [0.15, 0.2) is 5.82 Å². The van der Waals surface area contributed by atoms with Crippen molar-refractivity contribution in [2.75, 3.05) is 14.2 Å². The molecule has 10 nitrogen and oxygen atoms in total. The van der Waals surface area contributed by atoms with Crippen molar-refractivity contribution in [2.24, 2.45) is 0 Å². The van der Waals surface area contributed by atoms with E-state index in [-0.39, 0.29) is 0 Å². The van der Waals surface area contributed by atoms with Gasteiger partial charge in [-0.2, -0.15) is 5.10 Å². The molecule has 4 rings (SSSR count). The SMILES string of the molecule is CCCn1nc(C(CC)(OC)OC)nc1Cc1ccc(-c2cccnc2-c2nnn[nH]2)cc1. The molecule has 0 unspecified atom stereocenters. The predicted octanol–water partition coefficient (Wildman–Crippen LogP) is 3.38. The van der Waals surface area contributed by atoms with E-state index in [1.165, 1.54) is 0 Å². The highest BCUT2D eigenvalue weighted by Gasteiger charge is 2.35. The van der Waals surface area contributed by atoms with Gasteiger partial charge in [0.1, 0.15) is 11.5 Å². The number of nitrogens with one attached hydrogen (secondary N) is 1. The summed E-state index contributed by atoms with van der Waals surface area (Å²) < 4.78 is 13.2. The Morgan fingerprint density at radius 1 is 1.06 bits per heavy atom. The third-order valence-electron chi connectivity index (χ3n) is 5.65. The topological polar surface area (TPSA) is 117 Å². The van der Waals surface area contributed by atoms with E-state index in [1.807, 2.05) is 23.7 Å². The lowest BCUT2D eigenvalue weighted by molar-refractivity contribution is -0.222. The molecule has 10 heteroatoms. The molecule has 33 heavy (non-hydrogen) atoms. The number of tetrazole rings is 1. The maximum atomic E-state index is 5.64. The quantitative estimate of drug-likeness (QED) is 0.367. The highest BCUT2D eigenvalue weighted by Crippen LogP contribution is 2.29. The molecule has 0 saturated carbocycles. The van der Waals surface area contributed by atoms with Crippen LogP contribution >= 0.6 is 0 Å². The van der Waals surface area contributed by atoms with E-state index in [2.05, 4.69) is 56.8 Å². The maximum absolute atomic E-state index is 5.64. The highest BCUT2D eigenvalue weighted by atomic mass is 16.7. The fourth-order valence-corrected chi connectivity index (χ4v) is 3.84. The van der Waals surface area contributed by atoms with Crippen LogP contribution in [-0.2, 0) is 28.2 Å². The summed E-state index contributed by atoms with van der Waals surface area (Å²) in [7, 11) is 3.24. The molecule has 0 aliphatic heterocycles. The molecule has 3 heterocycles. The van der Waals surface area contributed by atoms with Gasteiger partial charge in [-0.3, -0.25) is 4.98 Å². The van der Waals surface area contributed by atoms with Crippen LogP contribution in [0, 0.1) is 0 Å². The predicted molar refractivity (Wildman–Crippen MR) is 122 cm³/mol. The minimum absolute atomic E-state index is 0.533. The number of aromatic amines is 1. The number of hydrogen-bond donors (Lipinski definition) is 1. The lowest BCUT2D eigenvalue weighted by atomic mass is 10.0. The van der Waals surface area contributed by atoms with Crippen LogP contribution < -0.4 is 0 Å². The first-order valence-electron chi connectivity index (χ1n) is 11.0. The molecule has 4 aromatic rings. The Labute approximate surface area is 192 Å². The third kappa shape index (κ3) is 4.53. The molecule has 1 aromatic carbocycles. The van der Waals surface area contributed by atoms with Crippen LogP contribution in [0.3, 0.4) is 0 Å². The van der Waals surface area contributed by atoms with Crippen LogP contribution in [0.25, 0.3) is 22.6 Å². The Morgan fingerprint density at radius 3 is 2.48 bits per heavy atom. The van der Waals surface area contributed by atoms with Gasteiger partial charge in [-0.1, -0.05) is 44.2 Å². The van der Waals surface area contributed by atoms with E-state index in [0.29, 0.717) is 30.2 Å². The zero-order chi connectivity index (χ0) is 23.3. The fourth-order valence-electron chi connectivity index (χ4n) is 3.84. The Balaban J connectivity index is 1.62. The molecule has 0 saturated heterocycles. The average molecular weight is 449 g/mol. The fraction of sp³-hybridized carbons (Fsp3) is 0.391. The number of aryl methyl sites for hydroxylation is 1. The van der Waals surface area contributed by atoms with Crippen molar-refractivity contribution in [1.29, 1.82) is 0 Å². The molecule has 0 radical (unpaired) electrons. The van der Waals surface area contributed by atoms with E-state index in [0.717, 1.165) is 35.5 Å². The van der Waals surface area contributed by atoms with Crippen molar-refractivity contribution >= 4 is 0 Å². The molecule has 0 bridgehead atoms. The van der Waals surface area contributed by atoms with E-state index >= 15 is 0 Å². The average Bonchev–Trinajstić information content (AvgIpc) is 3.53. The van der Waals surface area contributed by atoms with Gasteiger partial charge in [-0.25, -0.2) is 14.8 Å². The van der Waals surface area contributed by atoms with Crippen LogP contribution in [0.1, 0.15) is 43.9 Å². The van der Waals surface area contributed by atoms with Crippen molar-refractivity contribution in [2.45, 2.75) is 45.4 Å². The van der Waals surface area contributed by atoms with Crippen molar-refractivity contribution in [3.05, 3.63) is 59.8 Å². The van der Waals surface area contributed by atoms with Gasteiger partial charge >= 0.3 is 0 Å². The molecule has 172 valence electrons. The zero-order valence-electron chi connectivity index (χ0n) is 19.3. The second-order valence-corrected chi connectivity index (χ2v) is 7.61. The number of hydrogen-bond acceptors (Lipinski definition) is 8. The first-order valence-corrected chi connectivity index (χ1v) is 11.0. The number of benzene rings is 1. The monoisotopic (exact) mass is 448 g/mol. The first kappa shape index (κ1) is 22.7. The van der Waals surface area contributed by atoms with Crippen LogP contribution in [0.4, 0.5) is 0 Å². The van der Waals surface area contributed by atoms with Crippen LogP contribution in [0.5, 0.6) is 0 Å². The summed E-state index contributed by atoms with van der Waals surface area (Å²) in [6.07, 6.45) is 3.93. The molecule has 1 N–H and O–H groups in total. The minimum Gasteiger partial charge on any atom is -0.347 e. The number of nitrogens with zero attached hydrogens (tertiary/aromatic N) is 7. The Bertz CT molecular complexity index is 1160. The van der Waals surface area contributed by atoms with Gasteiger partial charge < -0.3 is 9.47 Å². The number of methoxy groups -OCH3 is 2. The van der Waals surface area contributed by atoms with Gasteiger partial charge in [0.05, 0.1) is 0 Å².